The Balaban J connectivity index is 1.29. The van der Waals surface area contributed by atoms with E-state index in [4.69, 9.17) is 4.84 Å². The first-order valence-electron chi connectivity index (χ1n) is 13.9. The maximum atomic E-state index is 12.6. The molecule has 5 rings (SSSR count). The number of aliphatic hydroxyl groups excluding tert-OH is 2. The van der Waals surface area contributed by atoms with Gasteiger partial charge in [0, 0.05) is 12.0 Å². The van der Waals surface area contributed by atoms with Crippen molar-refractivity contribution >= 4 is 23.4 Å². The number of likely N-dealkylation sites (tertiary alicyclic amines) is 1. The van der Waals surface area contributed by atoms with Gasteiger partial charge in [-0.15, -0.1) is 0 Å². The normalized spacial score (nSPS) is 43.2. The molecule has 10 nitrogen and oxygen atoms in total. The second kappa shape index (κ2) is 9.71. The number of carbonyl (C=O) groups excluding carboxylic acids is 2. The molecule has 38 heavy (non-hydrogen) atoms. The summed E-state index contributed by atoms with van der Waals surface area (Å²) in [6.07, 6.45) is 6.85. The van der Waals surface area contributed by atoms with Crippen LogP contribution in [0.1, 0.15) is 71.6 Å². The summed E-state index contributed by atoms with van der Waals surface area (Å²) in [6.45, 7) is 3.53. The minimum atomic E-state index is -1.60. The molecule has 0 aromatic heterocycles. The standard InChI is InChI=1S/C28H40N2O8/c1-26-9-7-17(29-38-15-23(34)30-11-3-4-20(30)25(35)36)12-16(26)5-6-18-19-8-10-28(37,22(33)14-31)27(19,2)13-21(32)24(18)26/h12,18-21,24,31-32,37H,3-11,13-15H2,1-2H3,(H,35,36)/t18?,19?,20?,21?,24?,26-,27-,28-/m0/s1. The predicted molar refractivity (Wildman–Crippen MR) is 136 cm³/mol. The first-order valence-corrected chi connectivity index (χ1v) is 13.9. The third-order valence-electron chi connectivity index (χ3n) is 10.9. The highest BCUT2D eigenvalue weighted by atomic mass is 16.6. The zero-order valence-electron chi connectivity index (χ0n) is 22.3. The molecule has 210 valence electrons. The summed E-state index contributed by atoms with van der Waals surface area (Å²) in [7, 11) is 0. The zero-order valence-corrected chi connectivity index (χ0v) is 22.3. The molecule has 8 atom stereocenters. The Morgan fingerprint density at radius 3 is 2.63 bits per heavy atom. The average molecular weight is 533 g/mol. The summed E-state index contributed by atoms with van der Waals surface area (Å²) >= 11 is 0. The topological polar surface area (TPSA) is 157 Å². The number of fused-ring (bicyclic) bond motifs is 5. The summed E-state index contributed by atoms with van der Waals surface area (Å²) in [4.78, 5) is 43.1. The second-order valence-electron chi connectivity index (χ2n) is 12.5. The predicted octanol–water partition coefficient (Wildman–Crippen LogP) is 1.66. The van der Waals surface area contributed by atoms with Crippen molar-refractivity contribution in [1.29, 1.82) is 0 Å². The first-order chi connectivity index (χ1) is 18.0. The Morgan fingerprint density at radius 2 is 1.92 bits per heavy atom. The van der Waals surface area contributed by atoms with Crippen LogP contribution in [-0.2, 0) is 19.2 Å². The number of aliphatic carboxylic acids is 1. The molecule has 4 aliphatic carbocycles. The van der Waals surface area contributed by atoms with Crippen LogP contribution in [-0.4, -0.2) is 86.2 Å². The molecular weight excluding hydrogens is 492 g/mol. The lowest BCUT2D eigenvalue weighted by molar-refractivity contribution is -0.181. The summed E-state index contributed by atoms with van der Waals surface area (Å²) in [5, 5.41) is 45.9. The van der Waals surface area contributed by atoms with Crippen LogP contribution < -0.4 is 0 Å². The van der Waals surface area contributed by atoms with Crippen LogP contribution in [0.3, 0.4) is 0 Å². The maximum absolute atomic E-state index is 12.6. The summed E-state index contributed by atoms with van der Waals surface area (Å²) in [5.41, 5.74) is -0.673. The van der Waals surface area contributed by atoms with Gasteiger partial charge in [-0.05, 0) is 87.0 Å². The molecule has 5 aliphatic rings. The fraction of sp³-hybridized carbons (Fsp3) is 0.786. The van der Waals surface area contributed by atoms with Crippen LogP contribution in [0.15, 0.2) is 16.8 Å². The van der Waals surface area contributed by atoms with Crippen molar-refractivity contribution in [3.8, 4) is 0 Å². The average Bonchev–Trinajstić information content (AvgIpc) is 3.47. The molecule has 3 saturated carbocycles. The molecule has 0 radical (unpaired) electrons. The third-order valence-corrected chi connectivity index (χ3v) is 10.9. The minimum Gasteiger partial charge on any atom is -0.480 e. The molecule has 0 aromatic carbocycles. The van der Waals surface area contributed by atoms with Crippen molar-refractivity contribution in [2.75, 3.05) is 19.8 Å². The number of allylic oxidation sites excluding steroid dienone is 2. The lowest BCUT2D eigenvalue weighted by atomic mass is 9.45. The van der Waals surface area contributed by atoms with E-state index in [0.29, 0.717) is 45.1 Å². The number of nitrogens with zero attached hydrogens (tertiary/aromatic N) is 2. The molecule has 1 saturated heterocycles. The second-order valence-corrected chi connectivity index (χ2v) is 12.5. The smallest absolute Gasteiger partial charge is 0.326 e. The van der Waals surface area contributed by atoms with Crippen molar-refractivity contribution in [2.45, 2.75) is 89.4 Å². The van der Waals surface area contributed by atoms with Gasteiger partial charge in [0.25, 0.3) is 5.91 Å². The fourth-order valence-electron chi connectivity index (χ4n) is 8.94. The minimum absolute atomic E-state index is 0.000631. The monoisotopic (exact) mass is 532 g/mol. The number of oxime groups is 1. The molecule has 4 N–H and O–H groups in total. The van der Waals surface area contributed by atoms with Gasteiger partial charge in [-0.3, -0.25) is 9.59 Å². The van der Waals surface area contributed by atoms with Crippen LogP contribution >= 0.6 is 0 Å². The summed E-state index contributed by atoms with van der Waals surface area (Å²) < 4.78 is 0. The van der Waals surface area contributed by atoms with Gasteiger partial charge in [0.1, 0.15) is 18.2 Å². The van der Waals surface area contributed by atoms with E-state index in [1.165, 1.54) is 10.5 Å². The Hall–Kier alpha value is -2.30. The zero-order chi connectivity index (χ0) is 27.5. The molecular formula is C28H40N2O8. The SMILES string of the molecule is C[C@]12CCC(=NOCC(=O)N3CCCC3C(=O)O)C=C1CCC1C2C(O)C[C@@]2(C)C1CC[C@]2(O)C(=O)CO. The number of carboxylic acids is 1. The van der Waals surface area contributed by atoms with E-state index in [9.17, 15) is 34.8 Å². The van der Waals surface area contributed by atoms with E-state index in [1.807, 2.05) is 13.0 Å². The number of Topliss-reactive ketones (excluding diaryl/α,β-unsaturated/α-hetero) is 1. The van der Waals surface area contributed by atoms with Gasteiger partial charge in [0.05, 0.1) is 11.8 Å². The third kappa shape index (κ3) is 4.02. The Morgan fingerprint density at radius 1 is 1.16 bits per heavy atom. The number of ketones is 1. The lowest BCUT2D eigenvalue weighted by Crippen LogP contribution is -2.62. The van der Waals surface area contributed by atoms with Crippen molar-refractivity contribution in [3.05, 3.63) is 11.6 Å². The van der Waals surface area contributed by atoms with E-state index < -0.39 is 41.5 Å². The lowest BCUT2D eigenvalue weighted by Gasteiger charge is -2.60. The van der Waals surface area contributed by atoms with Gasteiger partial charge in [0.2, 0.25) is 0 Å². The number of carboxylic acid groups (broad SMARTS) is 1. The van der Waals surface area contributed by atoms with E-state index in [0.717, 1.165) is 25.0 Å². The largest absolute Gasteiger partial charge is 0.480 e. The van der Waals surface area contributed by atoms with Crippen molar-refractivity contribution < 1.29 is 39.6 Å². The molecule has 1 aliphatic heterocycles. The molecule has 1 amide bonds. The van der Waals surface area contributed by atoms with Crippen LogP contribution in [0.4, 0.5) is 0 Å². The molecule has 5 unspecified atom stereocenters. The van der Waals surface area contributed by atoms with Gasteiger partial charge in [-0.25, -0.2) is 4.79 Å². The van der Waals surface area contributed by atoms with E-state index in [2.05, 4.69) is 12.1 Å². The van der Waals surface area contributed by atoms with Gasteiger partial charge < -0.3 is 30.2 Å². The van der Waals surface area contributed by atoms with Gasteiger partial charge in [0.15, 0.2) is 12.4 Å². The Kier molecular flexibility index (Phi) is 6.97. The van der Waals surface area contributed by atoms with Crippen LogP contribution in [0, 0.1) is 28.6 Å². The highest BCUT2D eigenvalue weighted by Gasteiger charge is 2.68. The van der Waals surface area contributed by atoms with Crippen LogP contribution in [0.25, 0.3) is 0 Å². The number of hydrogen-bond acceptors (Lipinski definition) is 8. The van der Waals surface area contributed by atoms with Crippen LogP contribution in [0.2, 0.25) is 0 Å². The highest BCUT2D eigenvalue weighted by Crippen LogP contribution is 2.67. The van der Waals surface area contributed by atoms with Gasteiger partial charge in [-0.1, -0.05) is 24.6 Å². The first kappa shape index (κ1) is 27.3. The quantitative estimate of drug-likeness (QED) is 0.376. The number of carbonyl (C=O) groups is 3. The van der Waals surface area contributed by atoms with E-state index in [1.54, 1.807) is 0 Å². The summed E-state index contributed by atoms with van der Waals surface area (Å²) in [6, 6.07) is -0.798. The fourth-order valence-corrected chi connectivity index (χ4v) is 8.94. The Bertz CT molecular complexity index is 1070. The van der Waals surface area contributed by atoms with Crippen molar-refractivity contribution in [1.82, 2.24) is 4.90 Å². The van der Waals surface area contributed by atoms with Gasteiger partial charge in [-0.2, -0.15) is 0 Å². The molecule has 0 bridgehead atoms. The number of aliphatic hydroxyl groups is 3. The number of amides is 1. The van der Waals surface area contributed by atoms with Gasteiger partial charge >= 0.3 is 5.97 Å². The van der Waals surface area contributed by atoms with E-state index >= 15 is 0 Å². The number of rotatable bonds is 6. The molecule has 10 heteroatoms. The van der Waals surface area contributed by atoms with Crippen LogP contribution in [0.5, 0.6) is 0 Å². The molecule has 1 heterocycles. The summed E-state index contributed by atoms with van der Waals surface area (Å²) in [5.74, 6) is -1.66. The highest BCUT2D eigenvalue weighted by molar-refractivity contribution is 5.96. The molecule has 0 aromatic rings. The number of hydrogen-bond donors (Lipinski definition) is 4. The van der Waals surface area contributed by atoms with E-state index in [-0.39, 0.29) is 35.7 Å². The molecule has 0 spiro atoms. The molecule has 4 fully saturated rings. The van der Waals surface area contributed by atoms with Crippen molar-refractivity contribution in [3.63, 3.8) is 0 Å². The maximum Gasteiger partial charge on any atom is 0.326 e. The van der Waals surface area contributed by atoms with Crippen molar-refractivity contribution in [2.24, 2.45) is 33.7 Å². The Labute approximate surface area is 222 Å².